The molecule has 1 saturated heterocycles. The van der Waals surface area contributed by atoms with E-state index in [1.807, 2.05) is 24.6 Å². The molecule has 0 radical (unpaired) electrons. The van der Waals surface area contributed by atoms with Crippen molar-refractivity contribution >= 4 is 11.5 Å². The smallest absolute Gasteiger partial charge is 0.287 e. The molecule has 8 nitrogen and oxygen atoms in total. The number of aromatic nitrogens is 2. The number of anilines is 1. The number of pyridine rings is 1. The Morgan fingerprint density at radius 1 is 1.52 bits per heavy atom. The number of nitrogens with one attached hydrogen (secondary N) is 1. The van der Waals surface area contributed by atoms with Gasteiger partial charge < -0.3 is 9.88 Å². The lowest BCUT2D eigenvalue weighted by Crippen LogP contribution is -2.26. The third kappa shape index (κ3) is 3.61. The molecule has 0 aromatic carbocycles. The molecule has 3 rings (SSSR count). The molecule has 1 aliphatic rings. The number of hydrogen-bond donors (Lipinski definition) is 1. The Hall–Kier alpha value is -2.92. The Balaban J connectivity index is 1.59. The highest BCUT2D eigenvalue weighted by atomic mass is 16.6. The molecular weight excluding hydrogens is 320 g/mol. The van der Waals surface area contributed by atoms with Crippen molar-refractivity contribution in [3.63, 3.8) is 0 Å². The van der Waals surface area contributed by atoms with Crippen molar-refractivity contribution in [2.75, 3.05) is 18.4 Å². The molecule has 3 heterocycles. The number of nitrogens with zero attached hydrogens (tertiary/aromatic N) is 5. The van der Waals surface area contributed by atoms with Gasteiger partial charge in [0.15, 0.2) is 0 Å². The van der Waals surface area contributed by atoms with Gasteiger partial charge in [-0.1, -0.05) is 0 Å². The van der Waals surface area contributed by atoms with Gasteiger partial charge in [0.05, 0.1) is 4.92 Å². The monoisotopic (exact) mass is 340 g/mol. The lowest BCUT2D eigenvalue weighted by Gasteiger charge is -2.17. The van der Waals surface area contributed by atoms with Crippen molar-refractivity contribution in [3.8, 4) is 6.07 Å². The van der Waals surface area contributed by atoms with Gasteiger partial charge in [-0.05, 0) is 31.0 Å². The third-order valence-corrected chi connectivity index (χ3v) is 4.73. The Bertz CT molecular complexity index is 821. The van der Waals surface area contributed by atoms with Gasteiger partial charge in [0.1, 0.15) is 23.8 Å². The topological polar surface area (TPSA) is 100 Å². The quantitative estimate of drug-likeness (QED) is 0.661. The second kappa shape index (κ2) is 6.91. The summed E-state index contributed by atoms with van der Waals surface area (Å²) in [6, 6.07) is 7.52. The summed E-state index contributed by atoms with van der Waals surface area (Å²) >= 11 is 0. The summed E-state index contributed by atoms with van der Waals surface area (Å²) in [4.78, 5) is 16.7. The van der Waals surface area contributed by atoms with E-state index in [-0.39, 0.29) is 11.7 Å². The van der Waals surface area contributed by atoms with Gasteiger partial charge in [-0.15, -0.1) is 0 Å². The average molecular weight is 340 g/mol. The van der Waals surface area contributed by atoms with Gasteiger partial charge >= 0.3 is 0 Å². The van der Waals surface area contributed by atoms with Crippen LogP contribution in [0.25, 0.3) is 0 Å². The lowest BCUT2D eigenvalue weighted by atomic mass is 10.2. The van der Waals surface area contributed by atoms with Gasteiger partial charge in [-0.2, -0.15) is 5.26 Å². The molecule has 130 valence electrons. The van der Waals surface area contributed by atoms with Gasteiger partial charge in [0.2, 0.25) is 0 Å². The minimum Gasteiger partial charge on any atom is -0.366 e. The Labute approximate surface area is 145 Å². The van der Waals surface area contributed by atoms with Crippen LogP contribution in [0, 0.1) is 28.4 Å². The number of rotatable bonds is 5. The first-order valence-electron chi connectivity index (χ1n) is 8.12. The SMILES string of the molecule is Cc1c(CN2CC[C@H](Nc3ccc([N+](=O)[O-])cn3)C2)cc(C#N)n1C. The maximum absolute atomic E-state index is 10.7. The zero-order chi connectivity index (χ0) is 18.0. The zero-order valence-corrected chi connectivity index (χ0v) is 14.3. The van der Waals surface area contributed by atoms with E-state index in [9.17, 15) is 10.1 Å². The summed E-state index contributed by atoms with van der Waals surface area (Å²) in [7, 11) is 1.91. The van der Waals surface area contributed by atoms with Crippen molar-refractivity contribution in [1.82, 2.24) is 14.5 Å². The van der Waals surface area contributed by atoms with E-state index in [0.717, 1.165) is 31.7 Å². The first-order valence-corrected chi connectivity index (χ1v) is 8.12. The normalized spacial score (nSPS) is 17.4. The van der Waals surface area contributed by atoms with Crippen LogP contribution in [0.15, 0.2) is 24.4 Å². The van der Waals surface area contributed by atoms with E-state index in [1.165, 1.54) is 17.8 Å². The summed E-state index contributed by atoms with van der Waals surface area (Å²) in [6.45, 7) is 4.67. The first kappa shape index (κ1) is 16.9. The van der Waals surface area contributed by atoms with E-state index in [1.54, 1.807) is 6.07 Å². The molecule has 2 aromatic heterocycles. The fourth-order valence-corrected chi connectivity index (χ4v) is 3.15. The summed E-state index contributed by atoms with van der Waals surface area (Å²) in [6.07, 6.45) is 2.25. The molecule has 25 heavy (non-hydrogen) atoms. The van der Waals surface area contributed by atoms with Crippen molar-refractivity contribution in [2.45, 2.75) is 25.9 Å². The molecule has 0 unspecified atom stereocenters. The fraction of sp³-hybridized carbons (Fsp3) is 0.412. The van der Waals surface area contributed by atoms with Crippen molar-refractivity contribution in [1.29, 1.82) is 5.26 Å². The molecular formula is C17H20N6O2. The van der Waals surface area contributed by atoms with Gasteiger partial charge in [0, 0.05) is 44.5 Å². The van der Waals surface area contributed by atoms with Crippen LogP contribution >= 0.6 is 0 Å². The minimum atomic E-state index is -0.453. The molecule has 8 heteroatoms. The number of hydrogen-bond acceptors (Lipinski definition) is 6. The van der Waals surface area contributed by atoms with Crippen molar-refractivity contribution in [3.05, 3.63) is 51.5 Å². The maximum atomic E-state index is 10.7. The molecule has 1 atom stereocenters. The standard InChI is InChI=1S/C17H20N6O2/c1-12-13(7-16(8-18)21(12)2)10-22-6-5-14(11-22)20-17-4-3-15(9-19-17)23(24)25/h3-4,7,9,14H,5-6,10-11H2,1-2H3,(H,19,20)/t14-/m0/s1. The molecule has 1 N–H and O–H groups in total. The van der Waals surface area contributed by atoms with Crippen LogP contribution in [0.4, 0.5) is 11.5 Å². The van der Waals surface area contributed by atoms with Crippen LogP contribution in [-0.4, -0.2) is 38.5 Å². The van der Waals surface area contributed by atoms with Crippen LogP contribution in [0.3, 0.4) is 0 Å². The number of likely N-dealkylation sites (tertiary alicyclic amines) is 1. The predicted octanol–water partition coefficient (Wildman–Crippen LogP) is 2.19. The van der Waals surface area contributed by atoms with Crippen LogP contribution in [0.5, 0.6) is 0 Å². The first-order chi connectivity index (χ1) is 12.0. The molecule has 0 amide bonds. The predicted molar refractivity (Wildman–Crippen MR) is 93.1 cm³/mol. The molecule has 0 aliphatic carbocycles. The second-order valence-corrected chi connectivity index (χ2v) is 6.33. The van der Waals surface area contributed by atoms with Gasteiger partial charge in [0.25, 0.3) is 5.69 Å². The van der Waals surface area contributed by atoms with Gasteiger partial charge in [-0.3, -0.25) is 15.0 Å². The summed E-state index contributed by atoms with van der Waals surface area (Å²) in [5, 5.41) is 23.1. The summed E-state index contributed by atoms with van der Waals surface area (Å²) in [5.74, 6) is 0.653. The van der Waals surface area contributed by atoms with Crippen LogP contribution in [-0.2, 0) is 13.6 Å². The van der Waals surface area contributed by atoms with E-state index >= 15 is 0 Å². The van der Waals surface area contributed by atoms with Crippen LogP contribution in [0.2, 0.25) is 0 Å². The summed E-state index contributed by atoms with van der Waals surface area (Å²) in [5.41, 5.74) is 2.96. The summed E-state index contributed by atoms with van der Waals surface area (Å²) < 4.78 is 1.92. The Morgan fingerprint density at radius 2 is 2.32 bits per heavy atom. The van der Waals surface area contributed by atoms with E-state index in [0.29, 0.717) is 11.5 Å². The van der Waals surface area contributed by atoms with Crippen LogP contribution < -0.4 is 5.32 Å². The molecule has 0 spiro atoms. The van der Waals surface area contributed by atoms with E-state index in [4.69, 9.17) is 5.26 Å². The lowest BCUT2D eigenvalue weighted by molar-refractivity contribution is -0.385. The molecule has 1 fully saturated rings. The second-order valence-electron chi connectivity index (χ2n) is 6.33. The molecule has 0 bridgehead atoms. The minimum absolute atomic E-state index is 0.00792. The highest BCUT2D eigenvalue weighted by Crippen LogP contribution is 2.21. The number of nitro groups is 1. The number of nitriles is 1. The molecule has 2 aromatic rings. The van der Waals surface area contributed by atoms with Crippen molar-refractivity contribution in [2.24, 2.45) is 7.05 Å². The zero-order valence-electron chi connectivity index (χ0n) is 14.3. The highest BCUT2D eigenvalue weighted by molar-refractivity contribution is 5.41. The van der Waals surface area contributed by atoms with E-state index in [2.05, 4.69) is 21.3 Å². The Kier molecular flexibility index (Phi) is 4.67. The Morgan fingerprint density at radius 3 is 2.92 bits per heavy atom. The molecule has 1 aliphatic heterocycles. The average Bonchev–Trinajstić information content (AvgIpc) is 3.15. The van der Waals surface area contributed by atoms with Crippen LogP contribution in [0.1, 0.15) is 23.4 Å². The maximum Gasteiger partial charge on any atom is 0.287 e. The van der Waals surface area contributed by atoms with Gasteiger partial charge in [-0.25, -0.2) is 4.98 Å². The third-order valence-electron chi connectivity index (χ3n) is 4.73. The highest BCUT2D eigenvalue weighted by Gasteiger charge is 2.24. The largest absolute Gasteiger partial charge is 0.366 e. The molecule has 0 saturated carbocycles. The fourth-order valence-electron chi connectivity index (χ4n) is 3.15. The van der Waals surface area contributed by atoms with E-state index < -0.39 is 4.92 Å². The van der Waals surface area contributed by atoms with Crippen molar-refractivity contribution < 1.29 is 4.92 Å².